The lowest BCUT2D eigenvalue weighted by Gasteiger charge is -2.08. The van der Waals surface area contributed by atoms with Crippen LogP contribution in [0.15, 0.2) is 6.07 Å². The highest BCUT2D eigenvalue weighted by Gasteiger charge is 2.23. The molecular weight excluding hydrogens is 299 g/mol. The molecule has 2 rings (SSSR count). The number of ether oxygens (including phenoxy) is 1. The predicted molar refractivity (Wildman–Crippen MR) is 61.7 cm³/mol. The number of hydrogen-bond acceptors (Lipinski definition) is 4. The maximum atomic E-state index is 5.70. The molecule has 2 heterocycles. The average molecular weight is 310 g/mol. The van der Waals surface area contributed by atoms with Crippen molar-refractivity contribution in [2.24, 2.45) is 0 Å². The normalized spacial score (nSPS) is 27.8. The molecule has 0 aromatic carbocycles. The Labute approximate surface area is 95.2 Å². The van der Waals surface area contributed by atoms with Gasteiger partial charge < -0.3 is 10.1 Å². The van der Waals surface area contributed by atoms with E-state index in [1.807, 2.05) is 13.0 Å². The number of halogens is 1. The lowest BCUT2D eigenvalue weighted by molar-refractivity contribution is 0.216. The highest BCUT2D eigenvalue weighted by molar-refractivity contribution is 14.1. The average Bonchev–Trinajstić information content (AvgIpc) is 2.62. The zero-order valence-electron chi connectivity index (χ0n) is 7.29. The van der Waals surface area contributed by atoms with Gasteiger partial charge in [-0.15, -0.1) is 0 Å². The molecular formula is C8H11IN2OS. The first-order valence-corrected chi connectivity index (χ1v) is 6.23. The van der Waals surface area contributed by atoms with Crippen molar-refractivity contribution >= 4 is 34.1 Å². The van der Waals surface area contributed by atoms with Crippen LogP contribution < -0.4 is 10.1 Å². The monoisotopic (exact) mass is 310 g/mol. The van der Waals surface area contributed by atoms with Crippen LogP contribution in [0.3, 0.4) is 0 Å². The second-order valence-electron chi connectivity index (χ2n) is 3.13. The number of aromatic nitrogens is 1. The van der Waals surface area contributed by atoms with Crippen molar-refractivity contribution in [3.05, 3.63) is 10.9 Å². The molecule has 72 valence electrons. The maximum absolute atomic E-state index is 5.70. The van der Waals surface area contributed by atoms with Crippen LogP contribution >= 0.6 is 34.1 Å². The number of hydrogen-bond donors (Lipinski definition) is 1. The summed E-state index contributed by atoms with van der Waals surface area (Å²) in [4.78, 5) is 1.20. The van der Waals surface area contributed by atoms with Gasteiger partial charge in [0.1, 0.15) is 6.10 Å². The molecule has 1 aromatic heterocycles. The Morgan fingerprint density at radius 3 is 3.15 bits per heavy atom. The summed E-state index contributed by atoms with van der Waals surface area (Å²) >= 11 is 3.88. The Kier molecular flexibility index (Phi) is 3.05. The van der Waals surface area contributed by atoms with Gasteiger partial charge in [-0.1, -0.05) is 22.6 Å². The van der Waals surface area contributed by atoms with Crippen molar-refractivity contribution in [3.8, 4) is 5.88 Å². The van der Waals surface area contributed by atoms with Crippen LogP contribution in [0.25, 0.3) is 0 Å². The second kappa shape index (κ2) is 4.10. The summed E-state index contributed by atoms with van der Waals surface area (Å²) < 4.78 is 10.4. The van der Waals surface area contributed by atoms with E-state index in [-0.39, 0.29) is 0 Å². The third-order valence-electron chi connectivity index (χ3n) is 1.93. The first kappa shape index (κ1) is 9.67. The fraction of sp³-hybridized carbons (Fsp3) is 0.625. The molecule has 13 heavy (non-hydrogen) atoms. The molecule has 3 nitrogen and oxygen atoms in total. The van der Waals surface area contributed by atoms with Gasteiger partial charge in [-0.25, -0.2) is 0 Å². The topological polar surface area (TPSA) is 34.1 Å². The zero-order valence-corrected chi connectivity index (χ0v) is 10.3. The third kappa shape index (κ3) is 2.54. The summed E-state index contributed by atoms with van der Waals surface area (Å²) in [7, 11) is 0. The number of rotatable bonds is 2. The van der Waals surface area contributed by atoms with Crippen LogP contribution in [0.5, 0.6) is 5.88 Å². The Morgan fingerprint density at radius 1 is 1.77 bits per heavy atom. The van der Waals surface area contributed by atoms with E-state index in [4.69, 9.17) is 4.74 Å². The van der Waals surface area contributed by atoms with Crippen LogP contribution in [-0.4, -0.2) is 21.1 Å². The summed E-state index contributed by atoms with van der Waals surface area (Å²) in [5.74, 6) is 0.778. The summed E-state index contributed by atoms with van der Waals surface area (Å²) in [6.45, 7) is 2.97. The molecule has 0 spiro atoms. The highest BCUT2D eigenvalue weighted by atomic mass is 127. The second-order valence-corrected chi connectivity index (χ2v) is 5.64. The minimum Gasteiger partial charge on any atom is -0.472 e. The molecule has 0 bridgehead atoms. The number of nitrogens with one attached hydrogen (secondary N) is 1. The van der Waals surface area contributed by atoms with Gasteiger partial charge in [-0.05, 0) is 18.5 Å². The molecule has 1 N–H and O–H groups in total. The minimum atomic E-state index is 0.295. The molecule has 2 atom stereocenters. The summed E-state index contributed by atoms with van der Waals surface area (Å²) in [6.07, 6.45) is 1.36. The van der Waals surface area contributed by atoms with E-state index in [9.17, 15) is 0 Å². The molecule has 1 aliphatic heterocycles. The van der Waals surface area contributed by atoms with Crippen molar-refractivity contribution in [2.45, 2.75) is 23.5 Å². The number of alkyl halides is 1. The molecule has 0 saturated carbocycles. The molecule has 0 radical (unpaired) electrons. The van der Waals surface area contributed by atoms with Gasteiger partial charge in [0.15, 0.2) is 0 Å². The quantitative estimate of drug-likeness (QED) is 0.515. The SMILES string of the molecule is Cc1cc(O[C@H]2CN[C@@H](I)C2)ns1. The minimum absolute atomic E-state index is 0.295. The summed E-state index contributed by atoms with van der Waals surface area (Å²) in [5.41, 5.74) is 0. The van der Waals surface area contributed by atoms with Crippen molar-refractivity contribution in [1.82, 2.24) is 9.69 Å². The fourth-order valence-electron chi connectivity index (χ4n) is 1.32. The van der Waals surface area contributed by atoms with Gasteiger partial charge in [-0.2, -0.15) is 4.37 Å². The largest absolute Gasteiger partial charge is 0.472 e. The smallest absolute Gasteiger partial charge is 0.225 e. The van der Waals surface area contributed by atoms with E-state index in [0.717, 1.165) is 18.8 Å². The van der Waals surface area contributed by atoms with Crippen LogP contribution in [0, 0.1) is 6.92 Å². The summed E-state index contributed by atoms with van der Waals surface area (Å²) in [6, 6.07) is 1.99. The maximum Gasteiger partial charge on any atom is 0.225 e. The van der Waals surface area contributed by atoms with Gasteiger partial charge in [0.05, 0.1) is 4.05 Å². The zero-order chi connectivity index (χ0) is 9.26. The van der Waals surface area contributed by atoms with Crippen LogP contribution in [0.2, 0.25) is 0 Å². The highest BCUT2D eigenvalue weighted by Crippen LogP contribution is 2.21. The van der Waals surface area contributed by atoms with E-state index >= 15 is 0 Å². The number of nitrogens with zero attached hydrogens (tertiary/aromatic N) is 1. The third-order valence-corrected chi connectivity index (χ3v) is 3.56. The molecule has 1 aliphatic rings. The van der Waals surface area contributed by atoms with Crippen LogP contribution in [0.1, 0.15) is 11.3 Å². The van der Waals surface area contributed by atoms with Gasteiger partial charge >= 0.3 is 0 Å². The van der Waals surface area contributed by atoms with E-state index in [2.05, 4.69) is 32.3 Å². The summed E-state index contributed by atoms with van der Waals surface area (Å²) in [5, 5.41) is 3.33. The Morgan fingerprint density at radius 2 is 2.62 bits per heavy atom. The number of aryl methyl sites for hydroxylation is 1. The van der Waals surface area contributed by atoms with Crippen LogP contribution in [0.4, 0.5) is 0 Å². The lowest BCUT2D eigenvalue weighted by atomic mass is 10.3. The standard InChI is InChI=1S/C8H11IN2OS/c1-5-2-8(11-13-5)12-6-3-7(9)10-4-6/h2,6-7,10H,3-4H2,1H3/t6-,7-/m1/s1. The van der Waals surface area contributed by atoms with E-state index < -0.39 is 0 Å². The van der Waals surface area contributed by atoms with Gasteiger partial charge in [0, 0.05) is 23.9 Å². The fourth-order valence-corrected chi connectivity index (χ4v) is 2.62. The molecule has 0 aliphatic carbocycles. The van der Waals surface area contributed by atoms with Crippen molar-refractivity contribution < 1.29 is 4.74 Å². The lowest BCUT2D eigenvalue weighted by Crippen LogP contribution is -2.20. The van der Waals surface area contributed by atoms with E-state index in [1.165, 1.54) is 16.4 Å². The molecule has 0 unspecified atom stereocenters. The first-order valence-electron chi connectivity index (χ1n) is 4.21. The Bertz CT molecular complexity index is 291. The van der Waals surface area contributed by atoms with Crippen molar-refractivity contribution in [3.63, 3.8) is 0 Å². The molecule has 0 amide bonds. The molecule has 1 aromatic rings. The van der Waals surface area contributed by atoms with Crippen molar-refractivity contribution in [1.29, 1.82) is 0 Å². The first-order chi connectivity index (χ1) is 6.24. The van der Waals surface area contributed by atoms with Crippen molar-refractivity contribution in [2.75, 3.05) is 6.54 Å². The Balaban J connectivity index is 1.91. The van der Waals surface area contributed by atoms with E-state index in [0.29, 0.717) is 10.2 Å². The molecule has 5 heteroatoms. The van der Waals surface area contributed by atoms with Gasteiger partial charge in [0.2, 0.25) is 5.88 Å². The van der Waals surface area contributed by atoms with Crippen LogP contribution in [-0.2, 0) is 0 Å². The molecule has 1 fully saturated rings. The predicted octanol–water partition coefficient (Wildman–Crippen LogP) is 1.95. The Hall–Kier alpha value is 0.120. The van der Waals surface area contributed by atoms with Gasteiger partial charge in [0.25, 0.3) is 0 Å². The molecule has 1 saturated heterocycles. The van der Waals surface area contributed by atoms with E-state index in [1.54, 1.807) is 0 Å². The van der Waals surface area contributed by atoms with Gasteiger partial charge in [-0.3, -0.25) is 0 Å².